The molecule has 8 heteroatoms. The van der Waals surface area contributed by atoms with Crippen molar-refractivity contribution in [3.05, 3.63) is 63.3 Å². The molecule has 0 saturated carbocycles. The fraction of sp³-hybridized carbons (Fsp3) is 0.400. The Morgan fingerprint density at radius 3 is 2.94 bits per heavy atom. The van der Waals surface area contributed by atoms with Gasteiger partial charge in [0, 0.05) is 18.0 Å². The Kier molecular flexibility index (Phi) is 7.88. The van der Waals surface area contributed by atoms with Gasteiger partial charge in [-0.05, 0) is 49.3 Å². The Hall–Kier alpha value is -2.58. The molecule has 1 aliphatic rings. The summed E-state index contributed by atoms with van der Waals surface area (Å²) < 4.78 is 7.02. The van der Waals surface area contributed by atoms with Crippen molar-refractivity contribution >= 4 is 39.2 Å². The Labute approximate surface area is 202 Å². The maximum Gasteiger partial charge on any atom is 0.263 e. The van der Waals surface area contributed by atoms with E-state index < -0.39 is 0 Å². The first-order valence-electron chi connectivity index (χ1n) is 11.3. The van der Waals surface area contributed by atoms with E-state index in [2.05, 4.69) is 11.9 Å². The Morgan fingerprint density at radius 1 is 1.30 bits per heavy atom. The number of nitrogens with one attached hydrogen (secondary N) is 1. The quantitative estimate of drug-likeness (QED) is 0.212. The summed E-state index contributed by atoms with van der Waals surface area (Å²) in [6.07, 6.45) is 7.85. The van der Waals surface area contributed by atoms with Gasteiger partial charge >= 0.3 is 0 Å². The molecular formula is C25H29N3O3S2. The number of amides is 1. The van der Waals surface area contributed by atoms with Crippen LogP contribution in [0.1, 0.15) is 35.3 Å². The zero-order chi connectivity index (χ0) is 23.2. The molecule has 0 fully saturated rings. The summed E-state index contributed by atoms with van der Waals surface area (Å²) in [5.41, 5.74) is 2.23. The van der Waals surface area contributed by atoms with Gasteiger partial charge in [-0.25, -0.2) is 4.98 Å². The van der Waals surface area contributed by atoms with E-state index in [0.717, 1.165) is 47.2 Å². The van der Waals surface area contributed by atoms with E-state index in [1.807, 2.05) is 24.3 Å². The van der Waals surface area contributed by atoms with Crippen LogP contribution in [0.15, 0.2) is 46.9 Å². The highest BCUT2D eigenvalue weighted by atomic mass is 32.2. The van der Waals surface area contributed by atoms with Crippen molar-refractivity contribution in [3.63, 3.8) is 0 Å². The molecule has 3 aromatic rings. The third kappa shape index (κ3) is 5.33. The van der Waals surface area contributed by atoms with Crippen molar-refractivity contribution in [2.24, 2.45) is 0 Å². The number of allylic oxidation sites excluding steroid dienone is 1. The second-order valence-electron chi connectivity index (χ2n) is 8.04. The zero-order valence-corrected chi connectivity index (χ0v) is 20.5. The van der Waals surface area contributed by atoms with Crippen molar-refractivity contribution in [2.45, 2.75) is 50.2 Å². The number of nitrogens with zero attached hydrogens (tertiary/aromatic N) is 2. The number of carbonyl (C=O) groups is 1. The molecule has 2 aromatic heterocycles. The van der Waals surface area contributed by atoms with E-state index in [1.54, 1.807) is 29.1 Å². The number of rotatable bonds is 9. The minimum absolute atomic E-state index is 0.0154. The van der Waals surface area contributed by atoms with Crippen molar-refractivity contribution in [1.29, 1.82) is 0 Å². The van der Waals surface area contributed by atoms with Crippen molar-refractivity contribution < 1.29 is 9.53 Å². The van der Waals surface area contributed by atoms with Crippen molar-refractivity contribution in [2.75, 3.05) is 19.4 Å². The predicted molar refractivity (Wildman–Crippen MR) is 136 cm³/mol. The van der Waals surface area contributed by atoms with Crippen LogP contribution in [0.2, 0.25) is 0 Å². The number of benzene rings is 1. The van der Waals surface area contributed by atoms with Gasteiger partial charge in [0.25, 0.3) is 5.56 Å². The molecule has 1 amide bonds. The molecule has 1 aromatic carbocycles. The molecule has 0 spiro atoms. The van der Waals surface area contributed by atoms with E-state index in [9.17, 15) is 9.59 Å². The number of hydrogen-bond donors (Lipinski definition) is 1. The number of para-hydroxylation sites is 1. The molecule has 0 radical (unpaired) electrons. The molecule has 1 N–H and O–H groups in total. The lowest BCUT2D eigenvalue weighted by molar-refractivity contribution is -0.118. The zero-order valence-electron chi connectivity index (χ0n) is 18.9. The van der Waals surface area contributed by atoms with Gasteiger partial charge in [0.05, 0.1) is 18.2 Å². The third-order valence-electron chi connectivity index (χ3n) is 5.84. The van der Waals surface area contributed by atoms with Crippen LogP contribution in [0, 0.1) is 0 Å². The molecule has 4 rings (SSSR count). The number of carbonyl (C=O) groups excluding carboxylic acids is 1. The van der Waals surface area contributed by atoms with Gasteiger partial charge in [-0.2, -0.15) is 0 Å². The first kappa shape index (κ1) is 23.6. The van der Waals surface area contributed by atoms with Gasteiger partial charge in [-0.1, -0.05) is 42.5 Å². The van der Waals surface area contributed by atoms with Gasteiger partial charge in [0.1, 0.15) is 10.6 Å². The average Bonchev–Trinajstić information content (AvgIpc) is 3.01. The predicted octanol–water partition coefficient (Wildman–Crippen LogP) is 4.37. The number of ether oxygens (including phenoxy) is 1. The van der Waals surface area contributed by atoms with Crippen LogP contribution < -0.4 is 15.6 Å². The highest BCUT2D eigenvalue weighted by Gasteiger charge is 2.21. The van der Waals surface area contributed by atoms with Crippen molar-refractivity contribution in [3.8, 4) is 5.75 Å². The molecule has 6 nitrogen and oxygen atoms in total. The number of methoxy groups -OCH3 is 1. The summed E-state index contributed by atoms with van der Waals surface area (Å²) in [6.45, 7) is 4.70. The van der Waals surface area contributed by atoms with Crippen LogP contribution in [0.5, 0.6) is 5.75 Å². The first-order chi connectivity index (χ1) is 16.1. The van der Waals surface area contributed by atoms with Crippen LogP contribution in [-0.4, -0.2) is 34.9 Å². The third-order valence-corrected chi connectivity index (χ3v) is 8.00. The SMILES string of the molecule is C=CCn1c(SCC(=O)NCCc2ccccc2OC)nc2sc3c(c2c1=O)CCCCC3. The maximum atomic E-state index is 13.4. The summed E-state index contributed by atoms with van der Waals surface area (Å²) in [5, 5.41) is 4.30. The van der Waals surface area contributed by atoms with Crippen LogP contribution in [0.25, 0.3) is 10.2 Å². The van der Waals surface area contributed by atoms with Gasteiger partial charge in [0.2, 0.25) is 5.91 Å². The second kappa shape index (κ2) is 11.0. The van der Waals surface area contributed by atoms with E-state index in [0.29, 0.717) is 24.7 Å². The maximum absolute atomic E-state index is 13.4. The Bertz CT molecular complexity index is 1220. The number of thiophene rings is 1. The lowest BCUT2D eigenvalue weighted by Crippen LogP contribution is -2.28. The molecule has 0 atom stereocenters. The van der Waals surface area contributed by atoms with E-state index in [4.69, 9.17) is 9.72 Å². The summed E-state index contributed by atoms with van der Waals surface area (Å²) >= 11 is 2.94. The molecule has 0 aliphatic heterocycles. The fourth-order valence-electron chi connectivity index (χ4n) is 4.22. The van der Waals surface area contributed by atoms with E-state index in [-0.39, 0.29) is 17.2 Å². The second-order valence-corrected chi connectivity index (χ2v) is 10.1. The molecule has 2 heterocycles. The summed E-state index contributed by atoms with van der Waals surface area (Å²) in [4.78, 5) is 32.8. The lowest BCUT2D eigenvalue weighted by Gasteiger charge is -2.11. The van der Waals surface area contributed by atoms with Crippen LogP contribution in [-0.2, 0) is 30.6 Å². The Balaban J connectivity index is 1.46. The van der Waals surface area contributed by atoms with Crippen molar-refractivity contribution in [1.82, 2.24) is 14.9 Å². The summed E-state index contributed by atoms with van der Waals surface area (Å²) in [7, 11) is 1.65. The average molecular weight is 484 g/mol. The number of fused-ring (bicyclic) bond motifs is 3. The molecular weight excluding hydrogens is 454 g/mol. The lowest BCUT2D eigenvalue weighted by atomic mass is 10.1. The van der Waals surface area contributed by atoms with Crippen LogP contribution in [0.4, 0.5) is 0 Å². The first-order valence-corrected chi connectivity index (χ1v) is 13.1. The molecule has 1 aliphatic carbocycles. The van der Waals surface area contributed by atoms with E-state index in [1.165, 1.54) is 28.6 Å². The normalized spacial score (nSPS) is 13.4. The number of thioether (sulfide) groups is 1. The van der Waals surface area contributed by atoms with Crippen LogP contribution in [0.3, 0.4) is 0 Å². The fourth-order valence-corrected chi connectivity index (χ4v) is 6.37. The molecule has 0 bridgehead atoms. The smallest absolute Gasteiger partial charge is 0.263 e. The summed E-state index contributed by atoms with van der Waals surface area (Å²) in [6, 6.07) is 7.80. The minimum Gasteiger partial charge on any atom is -0.496 e. The largest absolute Gasteiger partial charge is 0.496 e. The topological polar surface area (TPSA) is 73.2 Å². The molecule has 0 saturated heterocycles. The number of aryl methyl sites for hydroxylation is 2. The number of hydrogen-bond acceptors (Lipinski definition) is 6. The molecule has 0 unspecified atom stereocenters. The van der Waals surface area contributed by atoms with Gasteiger partial charge in [0.15, 0.2) is 5.16 Å². The highest BCUT2D eigenvalue weighted by Crippen LogP contribution is 2.34. The van der Waals surface area contributed by atoms with E-state index >= 15 is 0 Å². The minimum atomic E-state index is -0.0867. The molecule has 174 valence electrons. The van der Waals surface area contributed by atoms with Gasteiger partial charge in [-0.3, -0.25) is 14.2 Å². The standard InChI is InChI=1S/C25H29N3O3S2/c1-3-15-28-24(30)22-18-10-5-4-6-12-20(18)33-23(22)27-25(28)32-16-21(29)26-14-13-17-9-7-8-11-19(17)31-2/h3,7-9,11H,1,4-6,10,12-16H2,2H3,(H,26,29). The van der Waals surface area contributed by atoms with Gasteiger partial charge in [-0.15, -0.1) is 17.9 Å². The number of aromatic nitrogens is 2. The van der Waals surface area contributed by atoms with Gasteiger partial charge < -0.3 is 10.1 Å². The summed E-state index contributed by atoms with van der Waals surface area (Å²) in [5.74, 6) is 0.935. The van der Waals surface area contributed by atoms with Crippen LogP contribution >= 0.6 is 23.1 Å². The molecule has 33 heavy (non-hydrogen) atoms. The Morgan fingerprint density at radius 2 is 2.12 bits per heavy atom. The monoisotopic (exact) mass is 483 g/mol. The highest BCUT2D eigenvalue weighted by molar-refractivity contribution is 7.99.